The van der Waals surface area contributed by atoms with Crippen molar-refractivity contribution >= 4 is 0 Å². The van der Waals surface area contributed by atoms with Crippen LogP contribution >= 0.6 is 0 Å². The highest BCUT2D eigenvalue weighted by atomic mass is 16.6. The van der Waals surface area contributed by atoms with Crippen LogP contribution in [0.2, 0.25) is 0 Å². The summed E-state index contributed by atoms with van der Waals surface area (Å²) in [4.78, 5) is 7.07. The fourth-order valence-corrected chi connectivity index (χ4v) is 0.402. The Morgan fingerprint density at radius 1 is 1.60 bits per heavy atom. The van der Waals surface area contributed by atoms with Gasteiger partial charge in [-0.15, -0.1) is 0 Å². The highest BCUT2D eigenvalue weighted by Gasteiger charge is 1.88. The molecule has 0 amide bonds. The van der Waals surface area contributed by atoms with Gasteiger partial charge < -0.3 is 4.90 Å². The van der Waals surface area contributed by atoms with Crippen molar-refractivity contribution in [2.24, 2.45) is 0 Å². The predicted molar refractivity (Wildman–Crippen MR) is 42.5 cm³/mol. The first kappa shape index (κ1) is 9.46. The molecule has 0 rings (SSSR count). The average Bonchev–Trinajstić information content (AvgIpc) is 1.79. The van der Waals surface area contributed by atoms with E-state index >= 15 is 0 Å². The van der Waals surface area contributed by atoms with Crippen LogP contribution in [0.25, 0.3) is 0 Å². The van der Waals surface area contributed by atoms with Gasteiger partial charge in [0.05, 0.1) is 6.61 Å². The maximum absolute atomic E-state index is 5.01. The quantitative estimate of drug-likeness (QED) is 0.452. The Kier molecular flexibility index (Phi) is 4.98. The van der Waals surface area contributed by atoms with Crippen LogP contribution in [0.5, 0.6) is 0 Å². The van der Waals surface area contributed by atoms with Gasteiger partial charge in [-0.1, -0.05) is 6.58 Å². The summed E-state index contributed by atoms with van der Waals surface area (Å²) < 4.78 is 0. The van der Waals surface area contributed by atoms with Crippen molar-refractivity contribution < 1.29 is 4.84 Å². The fraction of sp³-hybridized carbons (Fsp3) is 0.714. The second-order valence-corrected chi connectivity index (χ2v) is 2.53. The van der Waals surface area contributed by atoms with E-state index < -0.39 is 0 Å². The van der Waals surface area contributed by atoms with Crippen molar-refractivity contribution in [3.8, 4) is 0 Å². The minimum absolute atomic E-state index is 0.680. The van der Waals surface area contributed by atoms with Gasteiger partial charge in [-0.3, -0.25) is 10.3 Å². The summed E-state index contributed by atoms with van der Waals surface area (Å²) in [6.45, 7) is 7.08. The van der Waals surface area contributed by atoms with Crippen molar-refractivity contribution in [3.05, 3.63) is 12.3 Å². The third-order valence-electron chi connectivity index (χ3n) is 0.887. The number of likely N-dealkylation sites (N-methyl/N-ethyl adjacent to an activating group) is 1. The van der Waals surface area contributed by atoms with Crippen LogP contribution in [0, 0.1) is 0 Å². The van der Waals surface area contributed by atoms with Crippen molar-refractivity contribution in [3.63, 3.8) is 0 Å². The number of hydrogen-bond acceptors (Lipinski definition) is 3. The van der Waals surface area contributed by atoms with Gasteiger partial charge in [-0.05, 0) is 21.0 Å². The molecule has 0 radical (unpaired) electrons. The normalized spacial score (nSPS) is 10.0. The molecule has 0 aromatic heterocycles. The standard InChI is InChI=1S/C7H16N2O/c1-7(2)8-10-6-5-9(3)4/h8H,1,5-6H2,2-4H3. The molecule has 0 fully saturated rings. The second-order valence-electron chi connectivity index (χ2n) is 2.53. The van der Waals surface area contributed by atoms with Gasteiger partial charge in [0.1, 0.15) is 0 Å². The molecule has 0 heterocycles. The van der Waals surface area contributed by atoms with Gasteiger partial charge in [0.2, 0.25) is 0 Å². The first-order valence-electron chi connectivity index (χ1n) is 3.31. The van der Waals surface area contributed by atoms with Crippen molar-refractivity contribution in [2.45, 2.75) is 6.92 Å². The van der Waals surface area contributed by atoms with E-state index in [0.717, 1.165) is 12.2 Å². The molecule has 0 spiro atoms. The highest BCUT2D eigenvalue weighted by Crippen LogP contribution is 1.79. The van der Waals surface area contributed by atoms with E-state index in [1.165, 1.54) is 0 Å². The van der Waals surface area contributed by atoms with Crippen LogP contribution in [0.1, 0.15) is 6.92 Å². The largest absolute Gasteiger partial charge is 0.307 e. The fourth-order valence-electron chi connectivity index (χ4n) is 0.402. The van der Waals surface area contributed by atoms with E-state index in [1.807, 2.05) is 21.0 Å². The third-order valence-corrected chi connectivity index (χ3v) is 0.887. The lowest BCUT2D eigenvalue weighted by atomic mass is 10.6. The Labute approximate surface area is 62.6 Å². The van der Waals surface area contributed by atoms with Crippen molar-refractivity contribution in [1.29, 1.82) is 0 Å². The van der Waals surface area contributed by atoms with E-state index in [2.05, 4.69) is 17.0 Å². The molecule has 0 saturated carbocycles. The first-order valence-corrected chi connectivity index (χ1v) is 3.31. The van der Waals surface area contributed by atoms with Gasteiger partial charge >= 0.3 is 0 Å². The molecule has 1 N–H and O–H groups in total. The summed E-state index contributed by atoms with van der Waals surface area (Å²) in [5.74, 6) is 0. The molecule has 0 aliphatic heterocycles. The number of hydrogen-bond donors (Lipinski definition) is 1. The van der Waals surface area contributed by atoms with Gasteiger partial charge in [0, 0.05) is 12.2 Å². The zero-order chi connectivity index (χ0) is 7.98. The molecule has 0 bridgehead atoms. The zero-order valence-electron chi connectivity index (χ0n) is 6.98. The Morgan fingerprint density at radius 3 is 2.60 bits per heavy atom. The smallest absolute Gasteiger partial charge is 0.0872 e. The minimum Gasteiger partial charge on any atom is -0.307 e. The van der Waals surface area contributed by atoms with Crippen LogP contribution in [0.4, 0.5) is 0 Å². The molecule has 10 heavy (non-hydrogen) atoms. The maximum Gasteiger partial charge on any atom is 0.0872 e. The topological polar surface area (TPSA) is 24.5 Å². The predicted octanol–water partition coefficient (Wildman–Crippen LogP) is 0.603. The van der Waals surface area contributed by atoms with Crippen LogP contribution in [-0.2, 0) is 4.84 Å². The molecule has 3 heteroatoms. The Hall–Kier alpha value is -0.540. The SMILES string of the molecule is C=C(C)NOCCN(C)C. The lowest BCUT2D eigenvalue weighted by Crippen LogP contribution is -2.22. The average molecular weight is 144 g/mol. The van der Waals surface area contributed by atoms with Gasteiger partial charge in [0.15, 0.2) is 0 Å². The Morgan fingerprint density at radius 2 is 2.20 bits per heavy atom. The Bertz CT molecular complexity index is 102. The van der Waals surface area contributed by atoms with Gasteiger partial charge in [-0.25, -0.2) is 0 Å². The van der Waals surface area contributed by atoms with E-state index in [-0.39, 0.29) is 0 Å². The van der Waals surface area contributed by atoms with Gasteiger partial charge in [0.25, 0.3) is 0 Å². The van der Waals surface area contributed by atoms with E-state index in [4.69, 9.17) is 4.84 Å². The number of nitrogens with zero attached hydrogens (tertiary/aromatic N) is 1. The van der Waals surface area contributed by atoms with Crippen molar-refractivity contribution in [2.75, 3.05) is 27.2 Å². The van der Waals surface area contributed by atoms with Gasteiger partial charge in [-0.2, -0.15) is 0 Å². The van der Waals surface area contributed by atoms with Crippen LogP contribution in [0.15, 0.2) is 12.3 Å². The lowest BCUT2D eigenvalue weighted by Gasteiger charge is -2.10. The summed E-state index contributed by atoms with van der Waals surface area (Å²) in [6.07, 6.45) is 0. The summed E-state index contributed by atoms with van der Waals surface area (Å²) in [5, 5.41) is 0. The lowest BCUT2D eigenvalue weighted by molar-refractivity contribution is 0.0529. The molecule has 60 valence electrons. The van der Waals surface area contributed by atoms with E-state index in [0.29, 0.717) is 6.61 Å². The first-order chi connectivity index (χ1) is 4.63. The molecule has 0 aromatic rings. The summed E-state index contributed by atoms with van der Waals surface area (Å²) >= 11 is 0. The molecular weight excluding hydrogens is 128 g/mol. The number of allylic oxidation sites excluding steroid dienone is 1. The summed E-state index contributed by atoms with van der Waals surface area (Å²) in [5.41, 5.74) is 3.51. The molecule has 0 unspecified atom stereocenters. The van der Waals surface area contributed by atoms with Crippen molar-refractivity contribution in [1.82, 2.24) is 10.4 Å². The molecule has 0 aliphatic rings. The minimum atomic E-state index is 0.680. The monoisotopic (exact) mass is 144 g/mol. The molecule has 0 aliphatic carbocycles. The summed E-state index contributed by atoms with van der Waals surface area (Å²) in [7, 11) is 4.01. The van der Waals surface area contributed by atoms with E-state index in [1.54, 1.807) is 0 Å². The maximum atomic E-state index is 5.01. The molecule has 0 saturated heterocycles. The third kappa shape index (κ3) is 7.46. The molecule has 3 nitrogen and oxygen atoms in total. The van der Waals surface area contributed by atoms with Crippen LogP contribution < -0.4 is 5.48 Å². The highest BCUT2D eigenvalue weighted by molar-refractivity contribution is 4.79. The molecule has 0 aromatic carbocycles. The molecular formula is C7H16N2O. The number of hydroxylamine groups is 1. The second kappa shape index (κ2) is 5.26. The summed E-state index contributed by atoms with van der Waals surface area (Å²) in [6, 6.07) is 0. The zero-order valence-corrected chi connectivity index (χ0v) is 6.98. The van der Waals surface area contributed by atoms with Crippen LogP contribution in [-0.4, -0.2) is 32.1 Å². The Balaban J connectivity index is 2.98. The number of nitrogens with one attached hydrogen (secondary N) is 1. The van der Waals surface area contributed by atoms with Crippen LogP contribution in [0.3, 0.4) is 0 Å². The van der Waals surface area contributed by atoms with E-state index in [9.17, 15) is 0 Å². The number of rotatable bonds is 5. The molecule has 0 atom stereocenters.